The molecule has 2 bridgehead atoms. The zero-order chi connectivity index (χ0) is 15.2. The number of hydrogen-bond donors (Lipinski definition) is 0. The molecule has 1 aromatic rings. The third kappa shape index (κ3) is 1.82. The van der Waals surface area contributed by atoms with Gasteiger partial charge in [-0.3, -0.25) is 0 Å². The summed E-state index contributed by atoms with van der Waals surface area (Å²) < 4.78 is 5.27. The van der Waals surface area contributed by atoms with Gasteiger partial charge in [-0.2, -0.15) is 0 Å². The number of methoxy groups -OCH3 is 1. The zero-order valence-corrected chi connectivity index (χ0v) is 13.2. The Morgan fingerprint density at radius 1 is 1.43 bits per heavy atom. The fourth-order valence-electron chi connectivity index (χ4n) is 4.28. The van der Waals surface area contributed by atoms with Gasteiger partial charge >= 0.3 is 0 Å². The predicted octanol–water partition coefficient (Wildman–Crippen LogP) is 4.00. The second-order valence-corrected chi connectivity index (χ2v) is 6.42. The molecule has 1 aromatic heterocycles. The standard InChI is InChI=1S/C18H22N2O/c1-6-14-13-9-16-15(7-8-17(20-16)21-5)18(14,19-4)10-11(2)12(13)3/h6-8,11-13H,9-10H2,1-3,5H3/t11?,12-,13+,18?/m1/s1. The zero-order valence-electron chi connectivity index (χ0n) is 13.2. The van der Waals surface area contributed by atoms with Crippen molar-refractivity contribution in [1.29, 1.82) is 0 Å². The summed E-state index contributed by atoms with van der Waals surface area (Å²) in [6.45, 7) is 14.6. The first kappa shape index (κ1) is 14.1. The van der Waals surface area contributed by atoms with Crippen LogP contribution in [-0.2, 0) is 12.0 Å². The van der Waals surface area contributed by atoms with Gasteiger partial charge in [-0.1, -0.05) is 19.9 Å². The maximum absolute atomic E-state index is 7.91. The Labute approximate surface area is 126 Å². The lowest BCUT2D eigenvalue weighted by Gasteiger charge is -2.46. The second-order valence-electron chi connectivity index (χ2n) is 6.42. The van der Waals surface area contributed by atoms with Crippen molar-refractivity contribution in [2.24, 2.45) is 17.8 Å². The van der Waals surface area contributed by atoms with Crippen LogP contribution in [0.2, 0.25) is 0 Å². The van der Waals surface area contributed by atoms with Crippen LogP contribution in [0.1, 0.15) is 38.4 Å². The highest BCUT2D eigenvalue weighted by molar-refractivity contribution is 5.49. The first-order valence-electron chi connectivity index (χ1n) is 7.67. The monoisotopic (exact) mass is 282 g/mol. The van der Waals surface area contributed by atoms with Crippen molar-refractivity contribution in [2.45, 2.75) is 39.2 Å². The molecule has 2 aliphatic carbocycles. The summed E-state index contributed by atoms with van der Waals surface area (Å²) in [6.07, 6.45) is 4.00. The minimum atomic E-state index is -0.502. The van der Waals surface area contributed by atoms with E-state index in [0.29, 0.717) is 23.6 Å². The lowest BCUT2D eigenvalue weighted by atomic mass is 9.56. The van der Waals surface area contributed by atoms with Crippen LogP contribution in [0.15, 0.2) is 23.8 Å². The van der Waals surface area contributed by atoms with E-state index in [2.05, 4.69) is 42.7 Å². The normalized spacial score (nSPS) is 36.0. The summed E-state index contributed by atoms with van der Waals surface area (Å²) in [4.78, 5) is 8.78. The van der Waals surface area contributed by atoms with Crippen molar-refractivity contribution in [1.82, 2.24) is 4.98 Å². The topological polar surface area (TPSA) is 26.5 Å². The van der Waals surface area contributed by atoms with E-state index in [0.717, 1.165) is 24.1 Å². The molecule has 21 heavy (non-hydrogen) atoms. The van der Waals surface area contributed by atoms with Gasteiger partial charge in [0.1, 0.15) is 0 Å². The number of nitrogens with zero attached hydrogens (tertiary/aromatic N) is 2. The van der Waals surface area contributed by atoms with Gasteiger partial charge in [-0.15, -0.1) is 0 Å². The summed E-state index contributed by atoms with van der Waals surface area (Å²) >= 11 is 0. The quantitative estimate of drug-likeness (QED) is 0.575. The molecule has 4 atom stereocenters. The molecule has 0 saturated heterocycles. The van der Waals surface area contributed by atoms with Gasteiger partial charge in [0.15, 0.2) is 0 Å². The Hall–Kier alpha value is -1.82. The molecule has 1 heterocycles. The molecule has 0 radical (unpaired) electrons. The third-order valence-corrected chi connectivity index (χ3v) is 5.55. The van der Waals surface area contributed by atoms with Gasteiger partial charge < -0.3 is 9.58 Å². The van der Waals surface area contributed by atoms with Crippen LogP contribution in [0.5, 0.6) is 5.88 Å². The van der Waals surface area contributed by atoms with Crippen LogP contribution in [0, 0.1) is 24.3 Å². The molecule has 0 N–H and O–H groups in total. The van der Waals surface area contributed by atoms with Gasteiger partial charge in [-0.05, 0) is 37.2 Å². The van der Waals surface area contributed by atoms with Crippen molar-refractivity contribution in [2.75, 3.05) is 7.11 Å². The Morgan fingerprint density at radius 3 is 2.81 bits per heavy atom. The molecule has 2 unspecified atom stereocenters. The fourth-order valence-corrected chi connectivity index (χ4v) is 4.28. The van der Waals surface area contributed by atoms with Crippen molar-refractivity contribution in [3.8, 4) is 5.88 Å². The van der Waals surface area contributed by atoms with Crippen LogP contribution in [0.4, 0.5) is 0 Å². The lowest BCUT2D eigenvalue weighted by molar-refractivity contribution is 0.174. The van der Waals surface area contributed by atoms with E-state index in [9.17, 15) is 0 Å². The summed E-state index contributed by atoms with van der Waals surface area (Å²) in [5, 5.41) is 0. The summed E-state index contributed by atoms with van der Waals surface area (Å²) in [7, 11) is 1.64. The average molecular weight is 282 g/mol. The molecule has 3 nitrogen and oxygen atoms in total. The molecular weight excluding hydrogens is 260 g/mol. The molecule has 0 aliphatic heterocycles. The highest BCUT2D eigenvalue weighted by Crippen LogP contribution is 2.56. The minimum Gasteiger partial charge on any atom is -0.481 e. The Bertz CT molecular complexity index is 643. The van der Waals surface area contributed by atoms with Crippen LogP contribution in [0.3, 0.4) is 0 Å². The molecule has 110 valence electrons. The third-order valence-electron chi connectivity index (χ3n) is 5.55. The second kappa shape index (κ2) is 4.87. The van der Waals surface area contributed by atoms with E-state index >= 15 is 0 Å². The first-order chi connectivity index (χ1) is 10.1. The summed E-state index contributed by atoms with van der Waals surface area (Å²) in [5.74, 6) is 2.23. The molecule has 1 fully saturated rings. The molecule has 0 amide bonds. The minimum absolute atomic E-state index is 0.431. The van der Waals surface area contributed by atoms with E-state index in [1.54, 1.807) is 7.11 Å². The number of pyridine rings is 1. The van der Waals surface area contributed by atoms with Crippen LogP contribution in [0.25, 0.3) is 4.85 Å². The van der Waals surface area contributed by atoms with E-state index in [4.69, 9.17) is 11.3 Å². The predicted molar refractivity (Wildman–Crippen MR) is 83.0 cm³/mol. The lowest BCUT2D eigenvalue weighted by Crippen LogP contribution is -2.46. The Morgan fingerprint density at radius 2 is 2.19 bits per heavy atom. The Kier molecular flexibility index (Phi) is 3.28. The molecule has 3 rings (SSSR count). The van der Waals surface area contributed by atoms with Crippen molar-refractivity contribution >= 4 is 0 Å². The first-order valence-corrected chi connectivity index (χ1v) is 7.67. The molecule has 1 saturated carbocycles. The van der Waals surface area contributed by atoms with Gasteiger partial charge in [0.25, 0.3) is 5.54 Å². The van der Waals surface area contributed by atoms with Crippen LogP contribution in [-0.4, -0.2) is 12.1 Å². The molecular formula is C18H22N2O. The summed E-state index contributed by atoms with van der Waals surface area (Å²) in [6, 6.07) is 3.95. The average Bonchev–Trinajstić information content (AvgIpc) is 2.51. The molecule has 2 aliphatic rings. The SMILES string of the molecule is [C-]#[N+]C12CC(C)[C@@H](C)[C@H](Cc3nc(OC)ccc31)C2=CC. The van der Waals surface area contributed by atoms with Crippen molar-refractivity contribution in [3.63, 3.8) is 0 Å². The van der Waals surface area contributed by atoms with E-state index in [-0.39, 0.29) is 0 Å². The number of aromatic nitrogens is 1. The maximum atomic E-state index is 7.91. The van der Waals surface area contributed by atoms with Crippen molar-refractivity contribution in [3.05, 3.63) is 46.5 Å². The van der Waals surface area contributed by atoms with Gasteiger partial charge in [0.2, 0.25) is 5.88 Å². The number of rotatable bonds is 1. The van der Waals surface area contributed by atoms with E-state index in [1.165, 1.54) is 5.57 Å². The number of allylic oxidation sites excluding steroid dienone is 1. The number of hydrogen-bond acceptors (Lipinski definition) is 2. The number of ether oxygens (including phenoxy) is 1. The van der Waals surface area contributed by atoms with Gasteiger partial charge in [0, 0.05) is 18.1 Å². The van der Waals surface area contributed by atoms with E-state index in [1.807, 2.05) is 6.07 Å². The van der Waals surface area contributed by atoms with Crippen molar-refractivity contribution < 1.29 is 4.74 Å². The number of fused-ring (bicyclic) bond motifs is 4. The molecule has 0 aromatic carbocycles. The maximum Gasteiger partial charge on any atom is 0.280 e. The Balaban J connectivity index is 2.25. The summed E-state index contributed by atoms with van der Waals surface area (Å²) in [5.41, 5.74) is 2.96. The molecule has 0 spiro atoms. The highest BCUT2D eigenvalue weighted by atomic mass is 16.5. The highest BCUT2D eigenvalue weighted by Gasteiger charge is 2.57. The largest absolute Gasteiger partial charge is 0.481 e. The smallest absolute Gasteiger partial charge is 0.280 e. The fraction of sp³-hybridized carbons (Fsp3) is 0.556. The van der Waals surface area contributed by atoms with Gasteiger partial charge in [0.05, 0.1) is 18.4 Å². The van der Waals surface area contributed by atoms with E-state index < -0.39 is 5.54 Å². The molecule has 3 heteroatoms. The van der Waals surface area contributed by atoms with Gasteiger partial charge in [-0.25, -0.2) is 11.6 Å². The van der Waals surface area contributed by atoms with Crippen LogP contribution >= 0.6 is 0 Å². The van der Waals surface area contributed by atoms with Crippen LogP contribution < -0.4 is 4.74 Å².